The van der Waals surface area contributed by atoms with Crippen molar-refractivity contribution in [2.45, 2.75) is 32.7 Å². The second-order valence-corrected chi connectivity index (χ2v) is 7.18. The van der Waals surface area contributed by atoms with Crippen molar-refractivity contribution < 1.29 is 4.79 Å². The van der Waals surface area contributed by atoms with Crippen LogP contribution in [0, 0.1) is 5.41 Å². The van der Waals surface area contributed by atoms with Gasteiger partial charge in [0.1, 0.15) is 4.88 Å². The van der Waals surface area contributed by atoms with Crippen LogP contribution in [-0.4, -0.2) is 25.0 Å². The minimum atomic E-state index is 0. The maximum atomic E-state index is 12.0. The van der Waals surface area contributed by atoms with Crippen LogP contribution in [0.4, 0.5) is 0 Å². The summed E-state index contributed by atoms with van der Waals surface area (Å²) in [4.78, 5) is 12.8. The second kappa shape index (κ2) is 7.07. The van der Waals surface area contributed by atoms with Crippen LogP contribution in [0.1, 0.15) is 36.4 Å². The molecule has 1 saturated heterocycles. The lowest BCUT2D eigenvalue weighted by molar-refractivity contribution is 0.0932. The second-order valence-electron chi connectivity index (χ2n) is 5.41. The van der Waals surface area contributed by atoms with Crippen molar-refractivity contribution in [3.63, 3.8) is 0 Å². The molecule has 108 valence electrons. The van der Waals surface area contributed by atoms with Crippen LogP contribution < -0.4 is 10.6 Å². The van der Waals surface area contributed by atoms with Crippen LogP contribution in [0.5, 0.6) is 0 Å². The van der Waals surface area contributed by atoms with Crippen molar-refractivity contribution in [3.05, 3.63) is 20.8 Å². The van der Waals surface area contributed by atoms with Gasteiger partial charge >= 0.3 is 0 Å². The van der Waals surface area contributed by atoms with E-state index in [2.05, 4.69) is 40.4 Å². The zero-order chi connectivity index (χ0) is 13.2. The molecule has 19 heavy (non-hydrogen) atoms. The van der Waals surface area contributed by atoms with E-state index in [1.165, 1.54) is 24.2 Å². The van der Waals surface area contributed by atoms with Gasteiger partial charge in [0.05, 0.1) is 0 Å². The normalized spacial score (nSPS) is 21.5. The summed E-state index contributed by atoms with van der Waals surface area (Å²) in [5, 5.41) is 8.45. The highest BCUT2D eigenvalue weighted by atomic mass is 79.9. The standard InChI is InChI=1S/C13H19BrN2OS.ClH/c1-13(2)5-3-6-15-10(13)8-16-12(17)11-9(14)4-7-18-11;/h4,7,10,15H,3,5-6,8H2,1-2H3,(H,16,17);1H. The van der Waals surface area contributed by atoms with Gasteiger partial charge in [-0.05, 0) is 52.2 Å². The number of hydrogen-bond acceptors (Lipinski definition) is 3. The fourth-order valence-corrected chi connectivity index (χ4v) is 3.82. The number of carbonyl (C=O) groups is 1. The summed E-state index contributed by atoms with van der Waals surface area (Å²) in [5.41, 5.74) is 0.248. The Bertz CT molecular complexity index is 436. The molecular formula is C13H20BrClN2OS. The highest BCUT2D eigenvalue weighted by Gasteiger charge is 2.32. The number of carbonyl (C=O) groups excluding carboxylic acids is 1. The van der Waals surface area contributed by atoms with E-state index in [9.17, 15) is 4.79 Å². The first kappa shape index (κ1) is 17.0. The molecule has 0 spiro atoms. The lowest BCUT2D eigenvalue weighted by atomic mass is 9.77. The average Bonchev–Trinajstić information content (AvgIpc) is 2.73. The summed E-state index contributed by atoms with van der Waals surface area (Å²) >= 11 is 4.85. The largest absolute Gasteiger partial charge is 0.350 e. The van der Waals surface area contributed by atoms with E-state index >= 15 is 0 Å². The number of halogens is 2. The summed E-state index contributed by atoms with van der Waals surface area (Å²) in [6, 6.07) is 2.26. The molecule has 1 aliphatic heterocycles. The zero-order valence-corrected chi connectivity index (χ0v) is 14.4. The Hall–Kier alpha value is -0.100. The molecule has 1 unspecified atom stereocenters. The topological polar surface area (TPSA) is 41.1 Å². The van der Waals surface area contributed by atoms with E-state index < -0.39 is 0 Å². The Morgan fingerprint density at radius 1 is 1.63 bits per heavy atom. The van der Waals surface area contributed by atoms with Crippen molar-refractivity contribution in [3.8, 4) is 0 Å². The summed E-state index contributed by atoms with van der Waals surface area (Å²) in [6.07, 6.45) is 2.43. The molecule has 1 aromatic heterocycles. The summed E-state index contributed by atoms with van der Waals surface area (Å²) in [5.74, 6) is 0.0139. The first-order valence-electron chi connectivity index (χ1n) is 6.25. The predicted molar refractivity (Wildman–Crippen MR) is 86.4 cm³/mol. The van der Waals surface area contributed by atoms with Crippen LogP contribution in [0.25, 0.3) is 0 Å². The van der Waals surface area contributed by atoms with Crippen molar-refractivity contribution in [2.75, 3.05) is 13.1 Å². The molecule has 0 bridgehead atoms. The minimum absolute atomic E-state index is 0. The smallest absolute Gasteiger partial charge is 0.262 e. The van der Waals surface area contributed by atoms with Gasteiger partial charge in [-0.2, -0.15) is 0 Å². The third-order valence-corrected chi connectivity index (χ3v) is 5.46. The molecule has 0 radical (unpaired) electrons. The molecule has 6 heteroatoms. The molecule has 0 aliphatic carbocycles. The molecule has 2 rings (SSSR count). The molecule has 1 atom stereocenters. The number of piperidine rings is 1. The fourth-order valence-electron chi connectivity index (χ4n) is 2.35. The van der Waals surface area contributed by atoms with Gasteiger partial charge in [0, 0.05) is 17.1 Å². The number of rotatable bonds is 3. The van der Waals surface area contributed by atoms with Crippen molar-refractivity contribution >= 4 is 45.6 Å². The van der Waals surface area contributed by atoms with Crippen molar-refractivity contribution in [1.29, 1.82) is 0 Å². The Morgan fingerprint density at radius 3 is 2.95 bits per heavy atom. The third kappa shape index (κ3) is 4.18. The molecule has 1 amide bonds. The van der Waals surface area contributed by atoms with E-state index in [1.807, 2.05) is 11.4 Å². The molecule has 0 aromatic carbocycles. The maximum Gasteiger partial charge on any atom is 0.262 e. The van der Waals surface area contributed by atoms with Gasteiger partial charge in [0.25, 0.3) is 5.91 Å². The Morgan fingerprint density at radius 2 is 2.37 bits per heavy atom. The van der Waals surface area contributed by atoms with E-state index in [0.29, 0.717) is 12.6 Å². The zero-order valence-electron chi connectivity index (χ0n) is 11.2. The van der Waals surface area contributed by atoms with E-state index in [1.54, 1.807) is 0 Å². The van der Waals surface area contributed by atoms with Gasteiger partial charge in [0.15, 0.2) is 0 Å². The molecule has 2 N–H and O–H groups in total. The highest BCUT2D eigenvalue weighted by molar-refractivity contribution is 9.10. The first-order chi connectivity index (χ1) is 8.50. The molecule has 1 aromatic rings. The number of thiophene rings is 1. The van der Waals surface area contributed by atoms with Gasteiger partial charge in [-0.1, -0.05) is 13.8 Å². The lowest BCUT2D eigenvalue weighted by Crippen LogP contribution is -2.52. The van der Waals surface area contributed by atoms with Gasteiger partial charge in [-0.15, -0.1) is 23.7 Å². The molecule has 3 nitrogen and oxygen atoms in total. The Labute approximate surface area is 133 Å². The highest BCUT2D eigenvalue weighted by Crippen LogP contribution is 2.29. The number of amides is 1. The summed E-state index contributed by atoms with van der Waals surface area (Å²) in [6.45, 7) is 6.26. The van der Waals surface area contributed by atoms with Gasteiger partial charge in [0.2, 0.25) is 0 Å². The van der Waals surface area contributed by atoms with Crippen LogP contribution >= 0.6 is 39.7 Å². The maximum absolute atomic E-state index is 12.0. The average molecular weight is 368 g/mol. The molecule has 2 heterocycles. The van der Waals surface area contributed by atoms with Gasteiger partial charge < -0.3 is 10.6 Å². The summed E-state index contributed by atoms with van der Waals surface area (Å²) in [7, 11) is 0. The molecular weight excluding hydrogens is 348 g/mol. The fraction of sp³-hybridized carbons (Fsp3) is 0.615. The number of nitrogens with one attached hydrogen (secondary N) is 2. The summed E-state index contributed by atoms with van der Waals surface area (Å²) < 4.78 is 0.876. The van der Waals surface area contributed by atoms with Crippen LogP contribution in [0.3, 0.4) is 0 Å². The Balaban J connectivity index is 0.00000180. The predicted octanol–water partition coefficient (Wildman–Crippen LogP) is 3.44. The van der Waals surface area contributed by atoms with Crippen LogP contribution in [0.2, 0.25) is 0 Å². The van der Waals surface area contributed by atoms with Gasteiger partial charge in [-0.3, -0.25) is 4.79 Å². The van der Waals surface area contributed by atoms with E-state index in [-0.39, 0.29) is 23.7 Å². The first-order valence-corrected chi connectivity index (χ1v) is 7.92. The monoisotopic (exact) mass is 366 g/mol. The molecule has 1 aliphatic rings. The Kier molecular flexibility index (Phi) is 6.30. The lowest BCUT2D eigenvalue weighted by Gasteiger charge is -2.39. The number of hydrogen-bond donors (Lipinski definition) is 2. The SMILES string of the molecule is CC1(C)CCCNC1CNC(=O)c1sccc1Br.Cl. The minimum Gasteiger partial charge on any atom is -0.350 e. The quantitative estimate of drug-likeness (QED) is 0.859. The van der Waals surface area contributed by atoms with Crippen LogP contribution in [-0.2, 0) is 0 Å². The van der Waals surface area contributed by atoms with E-state index in [4.69, 9.17) is 0 Å². The molecule has 0 saturated carbocycles. The molecule has 1 fully saturated rings. The van der Waals surface area contributed by atoms with Crippen LogP contribution in [0.15, 0.2) is 15.9 Å². The van der Waals surface area contributed by atoms with Crippen molar-refractivity contribution in [1.82, 2.24) is 10.6 Å². The van der Waals surface area contributed by atoms with Gasteiger partial charge in [-0.25, -0.2) is 0 Å². The van der Waals surface area contributed by atoms with E-state index in [0.717, 1.165) is 15.9 Å². The van der Waals surface area contributed by atoms with Crippen molar-refractivity contribution in [2.24, 2.45) is 5.41 Å². The third-order valence-electron chi connectivity index (χ3n) is 3.62.